The molecule has 1 aliphatic rings. The Hall–Kier alpha value is -1.21. The van der Waals surface area contributed by atoms with E-state index in [4.69, 9.17) is 0 Å². The van der Waals surface area contributed by atoms with Gasteiger partial charge in [-0.15, -0.1) is 0 Å². The summed E-state index contributed by atoms with van der Waals surface area (Å²) in [7, 11) is 0. The summed E-state index contributed by atoms with van der Waals surface area (Å²) in [6, 6.07) is 3.15. The van der Waals surface area contributed by atoms with Gasteiger partial charge in [-0.2, -0.15) is 13.2 Å². The Bertz CT molecular complexity index is 481. The third-order valence-electron chi connectivity index (χ3n) is 4.01. The fourth-order valence-corrected chi connectivity index (χ4v) is 2.59. The van der Waals surface area contributed by atoms with Crippen molar-refractivity contribution in [3.8, 4) is 0 Å². The first-order chi connectivity index (χ1) is 10.3. The van der Waals surface area contributed by atoms with Gasteiger partial charge in [0, 0.05) is 19.1 Å². The molecule has 2 nitrogen and oxygen atoms in total. The van der Waals surface area contributed by atoms with Crippen molar-refractivity contribution in [3.63, 3.8) is 0 Å². The Labute approximate surface area is 125 Å². The van der Waals surface area contributed by atoms with Gasteiger partial charge in [-0.25, -0.2) is 8.78 Å². The maximum absolute atomic E-state index is 13.6. The second-order valence-electron chi connectivity index (χ2n) is 5.60. The van der Waals surface area contributed by atoms with Gasteiger partial charge in [0.05, 0.1) is 18.1 Å². The summed E-state index contributed by atoms with van der Waals surface area (Å²) in [4.78, 5) is 1.48. The molecule has 1 saturated carbocycles. The molecule has 1 unspecified atom stereocenters. The van der Waals surface area contributed by atoms with Crippen LogP contribution in [0, 0.1) is 11.6 Å². The number of benzene rings is 1. The first-order valence-corrected chi connectivity index (χ1v) is 7.20. The van der Waals surface area contributed by atoms with Gasteiger partial charge in [-0.1, -0.05) is 12.5 Å². The smallest absolute Gasteiger partial charge is 0.387 e. The van der Waals surface area contributed by atoms with Crippen LogP contribution in [0.4, 0.5) is 22.0 Å². The first kappa shape index (κ1) is 17.1. The number of aliphatic hydroxyl groups excluding tert-OH is 1. The topological polar surface area (TPSA) is 23.5 Å². The van der Waals surface area contributed by atoms with Crippen molar-refractivity contribution in [2.75, 3.05) is 13.1 Å². The lowest BCUT2D eigenvalue weighted by Gasteiger charge is -2.38. The third-order valence-corrected chi connectivity index (χ3v) is 4.01. The molecule has 1 fully saturated rings. The normalized spacial score (nSPS) is 17.6. The number of alkyl halides is 3. The molecule has 0 heterocycles. The predicted molar refractivity (Wildman–Crippen MR) is 71.2 cm³/mol. The zero-order valence-corrected chi connectivity index (χ0v) is 11.9. The fourth-order valence-electron chi connectivity index (χ4n) is 2.59. The lowest BCUT2D eigenvalue weighted by Crippen LogP contribution is -2.44. The van der Waals surface area contributed by atoms with Crippen LogP contribution >= 0.6 is 0 Å². The Balaban J connectivity index is 2.06. The zero-order chi connectivity index (χ0) is 16.3. The van der Waals surface area contributed by atoms with Crippen molar-refractivity contribution in [3.05, 3.63) is 35.4 Å². The molecule has 22 heavy (non-hydrogen) atoms. The molecule has 2 rings (SSSR count). The number of aliphatic hydroxyl groups is 1. The average molecular weight is 323 g/mol. The van der Waals surface area contributed by atoms with Gasteiger partial charge in [0.1, 0.15) is 11.6 Å². The molecule has 1 N–H and O–H groups in total. The van der Waals surface area contributed by atoms with Gasteiger partial charge in [-0.3, -0.25) is 4.90 Å². The molecule has 1 aromatic carbocycles. The molecule has 0 saturated heterocycles. The summed E-state index contributed by atoms with van der Waals surface area (Å²) in [5, 5.41) is 10.0. The molecule has 1 aliphatic carbocycles. The van der Waals surface area contributed by atoms with Crippen LogP contribution in [0.2, 0.25) is 0 Å². The molecular weight excluding hydrogens is 305 g/mol. The van der Waals surface area contributed by atoms with Crippen LogP contribution in [-0.4, -0.2) is 35.3 Å². The summed E-state index contributed by atoms with van der Waals surface area (Å²) >= 11 is 0. The Morgan fingerprint density at radius 2 is 1.77 bits per heavy atom. The van der Waals surface area contributed by atoms with E-state index in [-0.39, 0.29) is 19.1 Å². The standard InChI is InChI=1S/C15H18F5NO/c16-11-5-2-6-12(17)14(11)13(22)9-21(10-3-1-4-10)8-7-15(18,19)20/h2,5-6,10,13,22H,1,3-4,7-9H2. The van der Waals surface area contributed by atoms with Gasteiger partial charge in [0.25, 0.3) is 0 Å². The van der Waals surface area contributed by atoms with Gasteiger partial charge < -0.3 is 5.11 Å². The molecule has 0 aromatic heterocycles. The van der Waals surface area contributed by atoms with Crippen molar-refractivity contribution in [1.29, 1.82) is 0 Å². The highest BCUT2D eigenvalue weighted by molar-refractivity contribution is 5.22. The van der Waals surface area contributed by atoms with Crippen LogP contribution in [0.25, 0.3) is 0 Å². The third kappa shape index (κ3) is 4.39. The summed E-state index contributed by atoms with van der Waals surface area (Å²) < 4.78 is 64.4. The van der Waals surface area contributed by atoms with E-state index in [9.17, 15) is 27.1 Å². The quantitative estimate of drug-likeness (QED) is 0.805. The number of hydrogen-bond acceptors (Lipinski definition) is 2. The highest BCUT2D eigenvalue weighted by atomic mass is 19.4. The van der Waals surface area contributed by atoms with Crippen LogP contribution in [0.1, 0.15) is 37.4 Å². The fraction of sp³-hybridized carbons (Fsp3) is 0.600. The summed E-state index contributed by atoms with van der Waals surface area (Å²) in [6.45, 7) is -0.486. The Kier molecular flexibility index (Phi) is 5.39. The number of nitrogens with zero attached hydrogens (tertiary/aromatic N) is 1. The lowest BCUT2D eigenvalue weighted by molar-refractivity contribution is -0.141. The van der Waals surface area contributed by atoms with E-state index >= 15 is 0 Å². The molecule has 1 aromatic rings. The van der Waals surface area contributed by atoms with Gasteiger partial charge in [-0.05, 0) is 25.0 Å². The minimum absolute atomic E-state index is 0.0631. The number of rotatable bonds is 6. The Morgan fingerprint density at radius 1 is 1.18 bits per heavy atom. The number of hydrogen-bond donors (Lipinski definition) is 1. The van der Waals surface area contributed by atoms with Crippen LogP contribution in [0.15, 0.2) is 18.2 Å². The van der Waals surface area contributed by atoms with E-state index in [0.717, 1.165) is 31.4 Å². The molecule has 0 radical (unpaired) electrons. The maximum Gasteiger partial charge on any atom is 0.390 e. The second kappa shape index (κ2) is 6.91. The van der Waals surface area contributed by atoms with E-state index in [1.165, 1.54) is 11.0 Å². The molecule has 0 spiro atoms. The maximum atomic E-state index is 13.6. The number of halogens is 5. The molecule has 0 bridgehead atoms. The summed E-state index contributed by atoms with van der Waals surface area (Å²) in [5.74, 6) is -1.78. The van der Waals surface area contributed by atoms with E-state index in [1.54, 1.807) is 0 Å². The minimum Gasteiger partial charge on any atom is -0.387 e. The lowest BCUT2D eigenvalue weighted by atomic mass is 9.90. The van der Waals surface area contributed by atoms with E-state index in [1.807, 2.05) is 0 Å². The largest absolute Gasteiger partial charge is 0.390 e. The monoisotopic (exact) mass is 323 g/mol. The Morgan fingerprint density at radius 3 is 2.23 bits per heavy atom. The van der Waals surface area contributed by atoms with Crippen LogP contribution in [0.3, 0.4) is 0 Å². The molecule has 0 aliphatic heterocycles. The van der Waals surface area contributed by atoms with Crippen LogP contribution < -0.4 is 0 Å². The summed E-state index contributed by atoms with van der Waals surface area (Å²) in [5.41, 5.74) is -0.487. The van der Waals surface area contributed by atoms with Crippen LogP contribution in [-0.2, 0) is 0 Å². The van der Waals surface area contributed by atoms with Gasteiger partial charge in [0.15, 0.2) is 0 Å². The molecule has 124 valence electrons. The second-order valence-corrected chi connectivity index (χ2v) is 5.60. The van der Waals surface area contributed by atoms with Crippen LogP contribution in [0.5, 0.6) is 0 Å². The molecule has 7 heteroatoms. The van der Waals surface area contributed by atoms with E-state index < -0.39 is 35.9 Å². The summed E-state index contributed by atoms with van der Waals surface area (Å²) in [6.07, 6.45) is -4.40. The highest BCUT2D eigenvalue weighted by Crippen LogP contribution is 2.30. The van der Waals surface area contributed by atoms with E-state index in [2.05, 4.69) is 0 Å². The first-order valence-electron chi connectivity index (χ1n) is 7.20. The van der Waals surface area contributed by atoms with Crippen molar-refractivity contribution in [1.82, 2.24) is 4.90 Å². The molecule has 0 amide bonds. The minimum atomic E-state index is -4.30. The van der Waals surface area contributed by atoms with Crippen molar-refractivity contribution in [2.45, 2.75) is 44.0 Å². The van der Waals surface area contributed by atoms with Gasteiger partial charge in [0.2, 0.25) is 0 Å². The van der Waals surface area contributed by atoms with Crippen molar-refractivity contribution >= 4 is 0 Å². The predicted octanol–water partition coefficient (Wildman–Crippen LogP) is 3.81. The van der Waals surface area contributed by atoms with Crippen molar-refractivity contribution in [2.24, 2.45) is 0 Å². The van der Waals surface area contributed by atoms with E-state index in [0.29, 0.717) is 0 Å². The average Bonchev–Trinajstić information content (AvgIpc) is 2.32. The van der Waals surface area contributed by atoms with Crippen molar-refractivity contribution < 1.29 is 27.1 Å². The molecule has 1 atom stereocenters. The highest BCUT2D eigenvalue weighted by Gasteiger charge is 2.33. The zero-order valence-electron chi connectivity index (χ0n) is 11.9. The SMILES string of the molecule is OC(CN(CCC(F)(F)F)C1CCC1)c1c(F)cccc1F. The molecular formula is C15H18F5NO. The van der Waals surface area contributed by atoms with Gasteiger partial charge >= 0.3 is 6.18 Å².